The molecule has 150 valence electrons. The third-order valence-corrected chi connectivity index (χ3v) is 4.87. The molecule has 1 aliphatic rings. The summed E-state index contributed by atoms with van der Waals surface area (Å²) in [5.74, 6) is -0.688. The van der Waals surface area contributed by atoms with E-state index in [4.69, 9.17) is 0 Å². The van der Waals surface area contributed by atoms with E-state index >= 15 is 0 Å². The van der Waals surface area contributed by atoms with E-state index < -0.39 is 11.7 Å². The van der Waals surface area contributed by atoms with Crippen LogP contribution in [0.3, 0.4) is 0 Å². The lowest BCUT2D eigenvalue weighted by molar-refractivity contribution is 0.0950. The molecule has 0 aromatic heterocycles. The summed E-state index contributed by atoms with van der Waals surface area (Å²) in [6.07, 6.45) is 2.09. The first-order valence-electron chi connectivity index (χ1n) is 9.20. The molecule has 1 atom stereocenters. The van der Waals surface area contributed by atoms with Gasteiger partial charge in [-0.15, -0.1) is 12.4 Å². The van der Waals surface area contributed by atoms with Crippen molar-refractivity contribution in [2.24, 2.45) is 5.92 Å². The second-order valence-electron chi connectivity index (χ2n) is 6.87. The number of hydrogen-bond donors (Lipinski definition) is 3. The molecule has 2 amide bonds. The Labute approximate surface area is 170 Å². The fourth-order valence-electron chi connectivity index (χ4n) is 3.19. The number of rotatable bonds is 6. The van der Waals surface area contributed by atoms with Gasteiger partial charge in [-0.1, -0.05) is 18.2 Å². The van der Waals surface area contributed by atoms with Crippen molar-refractivity contribution in [3.05, 3.63) is 65.0 Å². The highest BCUT2D eigenvalue weighted by Gasteiger charge is 2.16. The van der Waals surface area contributed by atoms with Gasteiger partial charge in [0.2, 0.25) is 0 Å². The highest BCUT2D eigenvalue weighted by molar-refractivity contribution is 6.05. The zero-order chi connectivity index (χ0) is 19.2. The molecule has 5 nitrogen and oxygen atoms in total. The number of carbonyl (C=O) groups is 2. The van der Waals surface area contributed by atoms with Crippen LogP contribution in [0, 0.1) is 18.7 Å². The molecule has 1 fully saturated rings. The van der Waals surface area contributed by atoms with Gasteiger partial charge in [0.25, 0.3) is 11.8 Å². The molecule has 2 aromatic rings. The van der Waals surface area contributed by atoms with Gasteiger partial charge in [0.15, 0.2) is 0 Å². The van der Waals surface area contributed by atoms with Gasteiger partial charge in [0.05, 0.1) is 5.56 Å². The minimum atomic E-state index is -0.581. The van der Waals surface area contributed by atoms with Crippen LogP contribution in [-0.4, -0.2) is 31.4 Å². The minimum absolute atomic E-state index is 0. The maximum atomic E-state index is 13.8. The molecule has 0 spiro atoms. The van der Waals surface area contributed by atoms with E-state index in [1.807, 2.05) is 6.92 Å². The molecule has 1 unspecified atom stereocenters. The van der Waals surface area contributed by atoms with E-state index in [-0.39, 0.29) is 23.9 Å². The zero-order valence-corrected chi connectivity index (χ0v) is 16.6. The predicted octanol–water partition coefficient (Wildman–Crippen LogP) is 3.54. The smallest absolute Gasteiger partial charge is 0.258 e. The molecule has 0 radical (unpaired) electrons. The second kappa shape index (κ2) is 10.2. The molecule has 1 saturated heterocycles. The predicted molar refractivity (Wildman–Crippen MR) is 111 cm³/mol. The van der Waals surface area contributed by atoms with Crippen LogP contribution in [0.4, 0.5) is 10.1 Å². The van der Waals surface area contributed by atoms with Crippen LogP contribution < -0.4 is 16.0 Å². The second-order valence-corrected chi connectivity index (χ2v) is 6.87. The summed E-state index contributed by atoms with van der Waals surface area (Å²) in [4.78, 5) is 24.7. The van der Waals surface area contributed by atoms with Crippen LogP contribution in [0.5, 0.6) is 0 Å². The third kappa shape index (κ3) is 5.53. The van der Waals surface area contributed by atoms with Gasteiger partial charge in [-0.3, -0.25) is 9.59 Å². The number of nitrogens with one attached hydrogen (secondary N) is 3. The summed E-state index contributed by atoms with van der Waals surface area (Å²) in [6, 6.07) is 10.9. The van der Waals surface area contributed by atoms with E-state index in [1.165, 1.54) is 18.2 Å². The Kier molecular flexibility index (Phi) is 7.96. The lowest BCUT2D eigenvalue weighted by atomic mass is 10.0. The van der Waals surface area contributed by atoms with Crippen LogP contribution in [0.15, 0.2) is 42.5 Å². The Hall–Kier alpha value is -2.44. The standard InChI is InChI=1S/C21H24FN3O2.ClH/c1-14-6-7-16(20(26)24-11-9-15-8-10-23-13-15)12-19(14)25-21(27)17-4-2-3-5-18(17)22;/h2-7,12,15,23H,8-11,13H2,1H3,(H,24,26)(H,25,27);1H. The molecule has 28 heavy (non-hydrogen) atoms. The molecule has 0 bridgehead atoms. The highest BCUT2D eigenvalue weighted by atomic mass is 35.5. The zero-order valence-electron chi connectivity index (χ0n) is 15.8. The molecule has 1 heterocycles. The fourth-order valence-corrected chi connectivity index (χ4v) is 3.19. The average molecular weight is 406 g/mol. The van der Waals surface area contributed by atoms with Crippen LogP contribution in [0.1, 0.15) is 39.1 Å². The van der Waals surface area contributed by atoms with Crippen molar-refractivity contribution in [2.45, 2.75) is 19.8 Å². The monoisotopic (exact) mass is 405 g/mol. The van der Waals surface area contributed by atoms with Crippen molar-refractivity contribution in [3.63, 3.8) is 0 Å². The number of carbonyl (C=O) groups excluding carboxylic acids is 2. The van der Waals surface area contributed by atoms with Gasteiger partial charge in [0, 0.05) is 17.8 Å². The van der Waals surface area contributed by atoms with Gasteiger partial charge in [-0.2, -0.15) is 0 Å². The Bertz CT molecular complexity index is 838. The molecule has 0 saturated carbocycles. The van der Waals surface area contributed by atoms with Crippen LogP contribution in [0.25, 0.3) is 0 Å². The number of hydrogen-bond acceptors (Lipinski definition) is 3. The van der Waals surface area contributed by atoms with E-state index in [2.05, 4.69) is 16.0 Å². The van der Waals surface area contributed by atoms with E-state index in [9.17, 15) is 14.0 Å². The number of benzene rings is 2. The minimum Gasteiger partial charge on any atom is -0.352 e. The fraction of sp³-hybridized carbons (Fsp3) is 0.333. The SMILES string of the molecule is Cc1ccc(C(=O)NCCC2CCNC2)cc1NC(=O)c1ccccc1F.Cl. The van der Waals surface area contributed by atoms with Gasteiger partial charge < -0.3 is 16.0 Å². The maximum Gasteiger partial charge on any atom is 0.258 e. The van der Waals surface area contributed by atoms with Crippen molar-refractivity contribution in [1.29, 1.82) is 0 Å². The largest absolute Gasteiger partial charge is 0.352 e. The molecule has 0 aliphatic carbocycles. The first-order valence-corrected chi connectivity index (χ1v) is 9.20. The van der Waals surface area contributed by atoms with Gasteiger partial charge >= 0.3 is 0 Å². The number of halogens is 2. The normalized spacial score (nSPS) is 15.6. The topological polar surface area (TPSA) is 70.2 Å². The lowest BCUT2D eigenvalue weighted by Gasteiger charge is -2.12. The summed E-state index contributed by atoms with van der Waals surface area (Å²) < 4.78 is 13.8. The maximum absolute atomic E-state index is 13.8. The van der Waals surface area contributed by atoms with Crippen LogP contribution in [-0.2, 0) is 0 Å². The van der Waals surface area contributed by atoms with Gasteiger partial charge in [-0.25, -0.2) is 4.39 Å². The third-order valence-electron chi connectivity index (χ3n) is 4.87. The molecular weight excluding hydrogens is 381 g/mol. The van der Waals surface area contributed by atoms with Crippen molar-refractivity contribution in [3.8, 4) is 0 Å². The Morgan fingerprint density at radius 2 is 1.96 bits per heavy atom. The lowest BCUT2D eigenvalue weighted by Crippen LogP contribution is -2.26. The van der Waals surface area contributed by atoms with Crippen LogP contribution >= 0.6 is 12.4 Å². The summed E-state index contributed by atoms with van der Waals surface area (Å²) in [6.45, 7) is 4.50. The average Bonchev–Trinajstić information content (AvgIpc) is 3.17. The van der Waals surface area contributed by atoms with E-state index in [1.54, 1.807) is 24.3 Å². The number of amides is 2. The molecule has 2 aromatic carbocycles. The summed E-state index contributed by atoms with van der Waals surface area (Å²) >= 11 is 0. The molecule has 1 aliphatic heterocycles. The van der Waals surface area contributed by atoms with Gasteiger partial charge in [0.1, 0.15) is 5.82 Å². The molecule has 3 N–H and O–H groups in total. The Balaban J connectivity index is 0.00000280. The van der Waals surface area contributed by atoms with E-state index in [0.29, 0.717) is 23.7 Å². The van der Waals surface area contributed by atoms with Gasteiger partial charge in [-0.05, 0) is 68.6 Å². The highest BCUT2D eigenvalue weighted by Crippen LogP contribution is 2.19. The summed E-state index contributed by atoms with van der Waals surface area (Å²) in [5, 5.41) is 8.94. The van der Waals surface area contributed by atoms with Crippen molar-refractivity contribution >= 4 is 29.9 Å². The van der Waals surface area contributed by atoms with E-state index in [0.717, 1.165) is 31.5 Å². The van der Waals surface area contributed by atoms with Crippen molar-refractivity contribution in [2.75, 3.05) is 25.0 Å². The number of anilines is 1. The summed E-state index contributed by atoms with van der Waals surface area (Å²) in [5.41, 5.74) is 1.73. The Morgan fingerprint density at radius 3 is 2.68 bits per heavy atom. The first-order chi connectivity index (χ1) is 13.0. The van der Waals surface area contributed by atoms with Crippen molar-refractivity contribution in [1.82, 2.24) is 10.6 Å². The van der Waals surface area contributed by atoms with Crippen molar-refractivity contribution < 1.29 is 14.0 Å². The molecule has 3 rings (SSSR count). The van der Waals surface area contributed by atoms with Crippen LogP contribution in [0.2, 0.25) is 0 Å². The molecular formula is C21H25ClFN3O2. The Morgan fingerprint density at radius 1 is 1.18 bits per heavy atom. The number of aryl methyl sites for hydroxylation is 1. The molecule has 7 heteroatoms. The quantitative estimate of drug-likeness (QED) is 0.688. The first kappa shape index (κ1) is 21.9. The summed E-state index contributed by atoms with van der Waals surface area (Å²) in [7, 11) is 0.